The van der Waals surface area contributed by atoms with Crippen molar-refractivity contribution in [3.63, 3.8) is 0 Å². The molecule has 4 rings (SSSR count). The fourth-order valence-corrected chi connectivity index (χ4v) is 4.71. The standard InChI is InChI=1S/C22H18F2N2O3S/c1-25-12-15-9-22(20-6-5-18(23)11-21(20)24)26(13-15)30(27,28)19-4-2-3-16(10-19)17-7-8-29-14-17/h2-11,13-14,25H,12H2,1H3. The minimum Gasteiger partial charge on any atom is -0.472 e. The van der Waals surface area contributed by atoms with Crippen LogP contribution in [0.15, 0.2) is 82.6 Å². The lowest BCUT2D eigenvalue weighted by Crippen LogP contribution is -2.14. The molecule has 0 amide bonds. The predicted molar refractivity (Wildman–Crippen MR) is 109 cm³/mol. The molecule has 8 heteroatoms. The molecule has 0 atom stereocenters. The van der Waals surface area contributed by atoms with Gasteiger partial charge in [0, 0.05) is 29.9 Å². The van der Waals surface area contributed by atoms with Crippen molar-refractivity contribution in [2.45, 2.75) is 11.4 Å². The van der Waals surface area contributed by atoms with E-state index in [0.29, 0.717) is 17.7 Å². The molecular formula is C22H18F2N2O3S. The summed E-state index contributed by atoms with van der Waals surface area (Å²) in [4.78, 5) is 0.0385. The van der Waals surface area contributed by atoms with Crippen molar-refractivity contribution in [2.24, 2.45) is 0 Å². The minimum atomic E-state index is -4.06. The van der Waals surface area contributed by atoms with E-state index in [9.17, 15) is 17.2 Å². The normalized spacial score (nSPS) is 11.7. The van der Waals surface area contributed by atoms with Gasteiger partial charge < -0.3 is 9.73 Å². The maximum Gasteiger partial charge on any atom is 0.268 e. The van der Waals surface area contributed by atoms with E-state index < -0.39 is 21.7 Å². The number of nitrogens with zero attached hydrogens (tertiary/aromatic N) is 1. The van der Waals surface area contributed by atoms with Gasteiger partial charge in [0.15, 0.2) is 0 Å². The number of furan rings is 1. The molecule has 2 heterocycles. The second kappa shape index (κ2) is 7.89. The zero-order valence-corrected chi connectivity index (χ0v) is 16.8. The zero-order chi connectivity index (χ0) is 21.3. The lowest BCUT2D eigenvalue weighted by molar-refractivity contribution is 0.568. The molecule has 5 nitrogen and oxygen atoms in total. The Bertz CT molecular complexity index is 1300. The van der Waals surface area contributed by atoms with Crippen LogP contribution in [0.4, 0.5) is 8.78 Å². The Balaban J connectivity index is 1.88. The molecule has 0 saturated heterocycles. The van der Waals surface area contributed by atoms with Crippen LogP contribution in [-0.4, -0.2) is 19.4 Å². The molecular weight excluding hydrogens is 410 g/mol. The van der Waals surface area contributed by atoms with E-state index >= 15 is 0 Å². The number of hydrogen-bond donors (Lipinski definition) is 1. The quantitative estimate of drug-likeness (QED) is 0.486. The highest BCUT2D eigenvalue weighted by molar-refractivity contribution is 7.90. The van der Waals surface area contributed by atoms with Crippen molar-refractivity contribution < 1.29 is 21.6 Å². The first kappa shape index (κ1) is 20.1. The fraction of sp³-hybridized carbons (Fsp3) is 0.0909. The SMILES string of the molecule is CNCc1cc(-c2ccc(F)cc2F)n(S(=O)(=O)c2cccc(-c3ccoc3)c2)c1. The van der Waals surface area contributed by atoms with Gasteiger partial charge >= 0.3 is 0 Å². The van der Waals surface area contributed by atoms with Crippen LogP contribution < -0.4 is 5.32 Å². The van der Waals surface area contributed by atoms with Crippen LogP contribution in [0.25, 0.3) is 22.4 Å². The summed E-state index contributed by atoms with van der Waals surface area (Å²) in [6.45, 7) is 0.382. The largest absolute Gasteiger partial charge is 0.472 e. The molecule has 0 saturated carbocycles. The van der Waals surface area contributed by atoms with Gasteiger partial charge in [-0.1, -0.05) is 12.1 Å². The number of benzene rings is 2. The van der Waals surface area contributed by atoms with Crippen LogP contribution >= 0.6 is 0 Å². The highest BCUT2D eigenvalue weighted by atomic mass is 32.2. The Labute approximate surface area is 172 Å². The van der Waals surface area contributed by atoms with Crippen LogP contribution in [0, 0.1) is 11.6 Å². The second-order valence-corrected chi connectivity index (χ2v) is 8.54. The highest BCUT2D eigenvalue weighted by Gasteiger charge is 2.24. The fourth-order valence-electron chi connectivity index (χ4n) is 3.27. The molecule has 30 heavy (non-hydrogen) atoms. The third-order valence-corrected chi connectivity index (χ3v) is 6.35. The summed E-state index contributed by atoms with van der Waals surface area (Å²) in [7, 11) is -2.34. The van der Waals surface area contributed by atoms with Crippen molar-refractivity contribution in [1.29, 1.82) is 0 Å². The molecule has 0 fully saturated rings. The summed E-state index contributed by atoms with van der Waals surface area (Å²) in [5, 5.41) is 2.95. The number of hydrogen-bond acceptors (Lipinski definition) is 4. The van der Waals surface area contributed by atoms with E-state index in [2.05, 4.69) is 5.32 Å². The minimum absolute atomic E-state index is 0.00619. The highest BCUT2D eigenvalue weighted by Crippen LogP contribution is 2.31. The maximum atomic E-state index is 14.5. The molecule has 0 aliphatic carbocycles. The van der Waals surface area contributed by atoms with E-state index in [1.807, 2.05) is 0 Å². The molecule has 2 aromatic heterocycles. The Morgan fingerprint density at radius 3 is 2.57 bits per heavy atom. The van der Waals surface area contributed by atoms with Gasteiger partial charge in [-0.3, -0.25) is 0 Å². The van der Waals surface area contributed by atoms with E-state index in [0.717, 1.165) is 21.7 Å². The van der Waals surface area contributed by atoms with E-state index in [1.54, 1.807) is 31.3 Å². The van der Waals surface area contributed by atoms with Gasteiger partial charge in [0.1, 0.15) is 11.6 Å². The predicted octanol–water partition coefficient (Wildman–Crippen LogP) is 4.65. The first-order chi connectivity index (χ1) is 14.4. The van der Waals surface area contributed by atoms with Gasteiger partial charge in [0.25, 0.3) is 10.0 Å². The monoisotopic (exact) mass is 428 g/mol. The van der Waals surface area contributed by atoms with Gasteiger partial charge in [-0.2, -0.15) is 0 Å². The van der Waals surface area contributed by atoms with Crippen molar-refractivity contribution in [3.8, 4) is 22.4 Å². The topological polar surface area (TPSA) is 64.2 Å². The summed E-state index contributed by atoms with van der Waals surface area (Å²) >= 11 is 0. The third kappa shape index (κ3) is 3.67. The van der Waals surface area contributed by atoms with Crippen LogP contribution in [-0.2, 0) is 16.6 Å². The van der Waals surface area contributed by atoms with Crippen LogP contribution in [0.3, 0.4) is 0 Å². The zero-order valence-electron chi connectivity index (χ0n) is 16.0. The number of nitrogens with one attached hydrogen (secondary N) is 1. The van der Waals surface area contributed by atoms with Crippen LogP contribution in [0.5, 0.6) is 0 Å². The molecule has 4 aromatic rings. The van der Waals surface area contributed by atoms with E-state index in [4.69, 9.17) is 4.42 Å². The van der Waals surface area contributed by atoms with Crippen molar-refractivity contribution in [3.05, 3.63) is 90.5 Å². The Kier molecular flexibility index (Phi) is 5.27. The molecule has 0 spiro atoms. The van der Waals surface area contributed by atoms with Gasteiger partial charge in [-0.05, 0) is 54.6 Å². The van der Waals surface area contributed by atoms with Crippen molar-refractivity contribution in [2.75, 3.05) is 7.05 Å². The Morgan fingerprint density at radius 2 is 1.87 bits per heavy atom. The third-order valence-electron chi connectivity index (χ3n) is 4.68. The van der Waals surface area contributed by atoms with Gasteiger partial charge in [0.05, 0.1) is 23.1 Å². The van der Waals surface area contributed by atoms with Gasteiger partial charge in [-0.15, -0.1) is 0 Å². The van der Waals surface area contributed by atoms with Crippen molar-refractivity contribution >= 4 is 10.0 Å². The van der Waals surface area contributed by atoms with E-state index in [1.165, 1.54) is 36.9 Å². The summed E-state index contributed by atoms with van der Waals surface area (Å²) in [5.41, 5.74) is 2.16. The number of rotatable bonds is 6. The smallest absolute Gasteiger partial charge is 0.268 e. The summed E-state index contributed by atoms with van der Waals surface area (Å²) < 4.78 is 60.9. The maximum absolute atomic E-state index is 14.5. The molecule has 1 N–H and O–H groups in total. The first-order valence-corrected chi connectivity index (χ1v) is 10.5. The second-order valence-electron chi connectivity index (χ2n) is 6.73. The average Bonchev–Trinajstić information content (AvgIpc) is 3.39. The summed E-state index contributed by atoms with van der Waals surface area (Å²) in [5.74, 6) is -1.58. The number of halogens is 2. The van der Waals surface area contributed by atoms with Crippen LogP contribution in [0.2, 0.25) is 0 Å². The summed E-state index contributed by atoms with van der Waals surface area (Å²) in [6, 6.07) is 12.8. The molecule has 2 aromatic carbocycles. The molecule has 0 bridgehead atoms. The molecule has 0 unspecified atom stereocenters. The molecule has 0 radical (unpaired) electrons. The van der Waals surface area contributed by atoms with Gasteiger partial charge in [-0.25, -0.2) is 21.2 Å². The van der Waals surface area contributed by atoms with Gasteiger partial charge in [0.2, 0.25) is 0 Å². The van der Waals surface area contributed by atoms with Crippen LogP contribution in [0.1, 0.15) is 5.56 Å². The molecule has 154 valence electrons. The number of aromatic nitrogens is 1. The molecule has 0 aliphatic rings. The summed E-state index contributed by atoms with van der Waals surface area (Å²) in [6.07, 6.45) is 4.46. The average molecular weight is 428 g/mol. The Hall–Kier alpha value is -3.23. The lowest BCUT2D eigenvalue weighted by Gasteiger charge is -2.12. The lowest BCUT2D eigenvalue weighted by atomic mass is 10.1. The molecule has 0 aliphatic heterocycles. The van der Waals surface area contributed by atoms with E-state index in [-0.39, 0.29) is 16.2 Å². The van der Waals surface area contributed by atoms with Crippen molar-refractivity contribution in [1.82, 2.24) is 9.29 Å². The Morgan fingerprint density at radius 1 is 1.03 bits per heavy atom. The first-order valence-electron chi connectivity index (χ1n) is 9.09.